The molecule has 4 heterocycles. The van der Waals surface area contributed by atoms with Crippen LogP contribution in [-0.2, 0) is 7.05 Å². The van der Waals surface area contributed by atoms with E-state index in [1.54, 1.807) is 13.1 Å². The van der Waals surface area contributed by atoms with Gasteiger partial charge in [-0.2, -0.15) is 4.98 Å². The van der Waals surface area contributed by atoms with Crippen LogP contribution in [0.2, 0.25) is 0 Å². The molecule has 3 aromatic heterocycles. The van der Waals surface area contributed by atoms with Gasteiger partial charge in [0.1, 0.15) is 10.9 Å². The van der Waals surface area contributed by atoms with Crippen LogP contribution in [0.3, 0.4) is 0 Å². The molecular weight excluding hydrogens is 338 g/mol. The van der Waals surface area contributed by atoms with Crippen molar-refractivity contribution in [1.82, 2.24) is 35.2 Å². The van der Waals surface area contributed by atoms with Gasteiger partial charge in [-0.15, -0.1) is 10.2 Å². The van der Waals surface area contributed by atoms with Crippen molar-refractivity contribution in [1.29, 1.82) is 0 Å². The van der Waals surface area contributed by atoms with Gasteiger partial charge in [-0.25, -0.2) is 4.98 Å². The van der Waals surface area contributed by atoms with Gasteiger partial charge in [0.05, 0.1) is 0 Å². The van der Waals surface area contributed by atoms with Gasteiger partial charge in [0.15, 0.2) is 11.0 Å². The second-order valence-electron chi connectivity index (χ2n) is 6.06. The topological polar surface area (TPSA) is 94.5 Å². The summed E-state index contributed by atoms with van der Waals surface area (Å²) in [5.41, 5.74) is 0.846. The molecule has 0 unspecified atom stereocenters. The van der Waals surface area contributed by atoms with Crippen LogP contribution in [0.5, 0.6) is 0 Å². The third-order valence-electron chi connectivity index (χ3n) is 4.28. The van der Waals surface area contributed by atoms with E-state index in [2.05, 4.69) is 35.2 Å². The fraction of sp³-hybridized carbons (Fsp3) is 0.438. The first kappa shape index (κ1) is 16.2. The Labute approximate surface area is 149 Å². The standard InChI is InChI=1S/C16H19N7OS/c1-10-19-15(24-22-10)12-5-8-18-13(9-12)25-16-21-20-14(23(16)2)11-3-6-17-7-4-11/h5,8-9,11,17H,3-4,6-7H2,1-2H3. The van der Waals surface area contributed by atoms with E-state index in [0.29, 0.717) is 17.6 Å². The smallest absolute Gasteiger partial charge is 0.258 e. The van der Waals surface area contributed by atoms with Crippen molar-refractivity contribution in [3.05, 3.63) is 30.0 Å². The summed E-state index contributed by atoms with van der Waals surface area (Å²) in [7, 11) is 2.02. The van der Waals surface area contributed by atoms with Crippen LogP contribution in [0.4, 0.5) is 0 Å². The Kier molecular flexibility index (Phi) is 4.50. The molecule has 130 valence electrons. The highest BCUT2D eigenvalue weighted by molar-refractivity contribution is 7.99. The van der Waals surface area contributed by atoms with Crippen LogP contribution < -0.4 is 5.32 Å². The van der Waals surface area contributed by atoms with Crippen molar-refractivity contribution < 1.29 is 4.52 Å². The van der Waals surface area contributed by atoms with Gasteiger partial charge in [-0.05, 0) is 56.7 Å². The lowest BCUT2D eigenvalue weighted by atomic mass is 9.97. The summed E-state index contributed by atoms with van der Waals surface area (Å²) in [4.78, 5) is 8.67. The first-order valence-corrected chi connectivity index (χ1v) is 9.07. The largest absolute Gasteiger partial charge is 0.334 e. The van der Waals surface area contributed by atoms with E-state index < -0.39 is 0 Å². The monoisotopic (exact) mass is 357 g/mol. The van der Waals surface area contributed by atoms with Crippen molar-refractivity contribution in [2.75, 3.05) is 13.1 Å². The van der Waals surface area contributed by atoms with Gasteiger partial charge in [0.25, 0.3) is 5.89 Å². The molecule has 0 aromatic carbocycles. The van der Waals surface area contributed by atoms with E-state index in [1.165, 1.54) is 11.8 Å². The second-order valence-corrected chi connectivity index (χ2v) is 7.04. The predicted octanol–water partition coefficient (Wildman–Crippen LogP) is 2.19. The fourth-order valence-corrected chi connectivity index (χ4v) is 3.76. The SMILES string of the molecule is Cc1noc(-c2ccnc(Sc3nnc(C4CCNCC4)n3C)c2)n1. The summed E-state index contributed by atoms with van der Waals surface area (Å²) in [6.45, 7) is 3.87. The molecule has 0 radical (unpaired) electrons. The first-order chi connectivity index (χ1) is 12.2. The number of aryl methyl sites for hydroxylation is 1. The Bertz CT molecular complexity index is 869. The highest BCUT2D eigenvalue weighted by Gasteiger charge is 2.22. The molecule has 8 nitrogen and oxygen atoms in total. The van der Waals surface area contributed by atoms with Crippen LogP contribution in [0.15, 0.2) is 33.0 Å². The molecule has 0 aliphatic carbocycles. The van der Waals surface area contributed by atoms with E-state index in [-0.39, 0.29) is 0 Å². The Balaban J connectivity index is 1.55. The molecule has 1 fully saturated rings. The third-order valence-corrected chi connectivity index (χ3v) is 5.25. The minimum atomic E-state index is 0.466. The molecular formula is C16H19N7OS. The molecule has 1 N–H and O–H groups in total. The van der Waals surface area contributed by atoms with Crippen molar-refractivity contribution in [2.24, 2.45) is 7.05 Å². The molecule has 1 aliphatic rings. The number of nitrogens with zero attached hydrogens (tertiary/aromatic N) is 6. The molecule has 1 saturated heterocycles. The van der Waals surface area contributed by atoms with Crippen molar-refractivity contribution >= 4 is 11.8 Å². The molecule has 25 heavy (non-hydrogen) atoms. The summed E-state index contributed by atoms with van der Waals surface area (Å²) >= 11 is 1.49. The van der Waals surface area contributed by atoms with Gasteiger partial charge in [-0.3, -0.25) is 0 Å². The van der Waals surface area contributed by atoms with E-state index in [4.69, 9.17) is 4.52 Å². The average Bonchev–Trinajstić information content (AvgIpc) is 3.23. The lowest BCUT2D eigenvalue weighted by Gasteiger charge is -2.21. The van der Waals surface area contributed by atoms with E-state index >= 15 is 0 Å². The lowest BCUT2D eigenvalue weighted by Crippen LogP contribution is -2.27. The lowest BCUT2D eigenvalue weighted by molar-refractivity contribution is 0.425. The predicted molar refractivity (Wildman–Crippen MR) is 92.2 cm³/mol. The number of aromatic nitrogens is 6. The maximum atomic E-state index is 5.23. The quantitative estimate of drug-likeness (QED) is 0.759. The zero-order valence-corrected chi connectivity index (χ0v) is 15.0. The molecule has 0 amide bonds. The Morgan fingerprint density at radius 1 is 1.28 bits per heavy atom. The van der Waals surface area contributed by atoms with Crippen LogP contribution in [-0.4, -0.2) is 43.0 Å². The van der Waals surface area contributed by atoms with Gasteiger partial charge in [-0.1, -0.05) is 5.16 Å². The molecule has 9 heteroatoms. The first-order valence-electron chi connectivity index (χ1n) is 8.25. The third kappa shape index (κ3) is 3.42. The molecule has 4 rings (SSSR count). The maximum Gasteiger partial charge on any atom is 0.258 e. The summed E-state index contributed by atoms with van der Waals surface area (Å²) in [6, 6.07) is 3.78. The molecule has 0 bridgehead atoms. The minimum absolute atomic E-state index is 0.466. The molecule has 1 aliphatic heterocycles. The van der Waals surface area contributed by atoms with E-state index in [0.717, 1.165) is 47.5 Å². The number of hydrogen-bond acceptors (Lipinski definition) is 8. The zero-order chi connectivity index (χ0) is 17.2. The van der Waals surface area contributed by atoms with Crippen molar-refractivity contribution in [2.45, 2.75) is 35.9 Å². The highest BCUT2D eigenvalue weighted by Crippen LogP contribution is 2.30. The van der Waals surface area contributed by atoms with E-state index in [9.17, 15) is 0 Å². The van der Waals surface area contributed by atoms with Gasteiger partial charge in [0.2, 0.25) is 0 Å². The summed E-state index contributed by atoms with van der Waals surface area (Å²) in [6.07, 6.45) is 3.93. The molecule has 0 atom stereocenters. The Morgan fingerprint density at radius 3 is 2.88 bits per heavy atom. The Morgan fingerprint density at radius 2 is 2.12 bits per heavy atom. The summed E-state index contributed by atoms with van der Waals surface area (Å²) < 4.78 is 7.30. The fourth-order valence-electron chi connectivity index (χ4n) is 2.96. The second kappa shape index (κ2) is 6.93. The maximum absolute atomic E-state index is 5.23. The van der Waals surface area contributed by atoms with Gasteiger partial charge in [0, 0.05) is 24.7 Å². The highest BCUT2D eigenvalue weighted by atomic mass is 32.2. The number of nitrogens with one attached hydrogen (secondary N) is 1. The van der Waals surface area contributed by atoms with Gasteiger partial charge < -0.3 is 14.4 Å². The number of hydrogen-bond donors (Lipinski definition) is 1. The average molecular weight is 357 g/mol. The van der Waals surface area contributed by atoms with Crippen LogP contribution in [0, 0.1) is 6.92 Å². The van der Waals surface area contributed by atoms with Crippen molar-refractivity contribution in [3.8, 4) is 11.5 Å². The van der Waals surface area contributed by atoms with Gasteiger partial charge >= 0.3 is 0 Å². The normalized spacial score (nSPS) is 15.6. The van der Waals surface area contributed by atoms with Crippen molar-refractivity contribution in [3.63, 3.8) is 0 Å². The van der Waals surface area contributed by atoms with Crippen LogP contribution in [0.1, 0.15) is 30.4 Å². The molecule has 0 spiro atoms. The van der Waals surface area contributed by atoms with E-state index in [1.807, 2.05) is 19.2 Å². The van der Waals surface area contributed by atoms with Crippen LogP contribution >= 0.6 is 11.8 Å². The number of pyridine rings is 1. The summed E-state index contributed by atoms with van der Waals surface area (Å²) in [5.74, 6) is 2.62. The Hall–Kier alpha value is -2.26. The minimum Gasteiger partial charge on any atom is -0.334 e. The zero-order valence-electron chi connectivity index (χ0n) is 14.1. The number of rotatable bonds is 4. The van der Waals surface area contributed by atoms with Crippen LogP contribution in [0.25, 0.3) is 11.5 Å². The number of piperidine rings is 1. The molecule has 3 aromatic rings. The molecule has 0 saturated carbocycles. The summed E-state index contributed by atoms with van der Waals surface area (Å²) in [5, 5.41) is 17.6.